The molecule has 3 nitrogen and oxygen atoms in total. The van der Waals surface area contributed by atoms with E-state index in [1.807, 2.05) is 26.8 Å². The highest BCUT2D eigenvalue weighted by molar-refractivity contribution is 6.31. The number of fused-ring (bicyclic) bond motifs is 1. The normalized spacial score (nSPS) is 25.5. The van der Waals surface area contributed by atoms with Gasteiger partial charge in [-0.1, -0.05) is 11.6 Å². The Labute approximate surface area is 112 Å². The van der Waals surface area contributed by atoms with E-state index < -0.39 is 17.7 Å². The van der Waals surface area contributed by atoms with Crippen molar-refractivity contribution in [3.05, 3.63) is 28.3 Å². The number of aliphatic hydroxyl groups excluding tert-OH is 1. The molecular weight excluding hydrogens is 261 g/mol. The van der Waals surface area contributed by atoms with E-state index in [4.69, 9.17) is 22.1 Å². The summed E-state index contributed by atoms with van der Waals surface area (Å²) >= 11 is 6.02. The van der Waals surface area contributed by atoms with Crippen LogP contribution in [0.2, 0.25) is 5.02 Å². The van der Waals surface area contributed by atoms with Crippen molar-refractivity contribution in [2.75, 3.05) is 0 Å². The van der Waals surface area contributed by atoms with Crippen LogP contribution in [0.1, 0.15) is 31.1 Å². The van der Waals surface area contributed by atoms with Gasteiger partial charge in [-0.25, -0.2) is 0 Å². The van der Waals surface area contributed by atoms with Crippen molar-refractivity contribution >= 4 is 24.0 Å². The zero-order valence-electron chi connectivity index (χ0n) is 10.0. The third kappa shape index (κ3) is 2.38. The lowest BCUT2D eigenvalue weighted by Crippen LogP contribution is -2.53. The summed E-state index contributed by atoms with van der Waals surface area (Å²) in [7, 11) is 0. The van der Waals surface area contributed by atoms with Crippen molar-refractivity contribution in [2.45, 2.75) is 38.5 Å². The average molecular weight is 278 g/mol. The summed E-state index contributed by atoms with van der Waals surface area (Å²) in [5, 5.41) is 10.7. The maximum Gasteiger partial charge on any atom is 0.126 e. The van der Waals surface area contributed by atoms with Gasteiger partial charge in [0.15, 0.2) is 0 Å². The van der Waals surface area contributed by atoms with E-state index in [1.54, 1.807) is 6.07 Å². The lowest BCUT2D eigenvalue weighted by molar-refractivity contribution is -0.0117. The molecule has 1 aliphatic rings. The van der Waals surface area contributed by atoms with Crippen LogP contribution in [-0.4, -0.2) is 16.7 Å². The average Bonchev–Trinajstić information content (AvgIpc) is 2.18. The summed E-state index contributed by atoms with van der Waals surface area (Å²) in [6.45, 7) is 5.64. The Balaban J connectivity index is 0.00000144. The van der Waals surface area contributed by atoms with Crippen LogP contribution in [0.15, 0.2) is 12.1 Å². The fraction of sp³-hybridized carbons (Fsp3) is 0.500. The molecule has 2 atom stereocenters. The van der Waals surface area contributed by atoms with Gasteiger partial charge in [0.1, 0.15) is 17.5 Å². The fourth-order valence-corrected chi connectivity index (χ4v) is 2.09. The first-order valence-electron chi connectivity index (χ1n) is 5.25. The van der Waals surface area contributed by atoms with Crippen LogP contribution in [0.3, 0.4) is 0 Å². The molecule has 96 valence electrons. The van der Waals surface area contributed by atoms with E-state index in [-0.39, 0.29) is 12.4 Å². The van der Waals surface area contributed by atoms with Gasteiger partial charge in [0.05, 0.1) is 6.04 Å². The van der Waals surface area contributed by atoms with Gasteiger partial charge in [-0.05, 0) is 38.5 Å². The number of aliphatic hydroxyl groups is 1. The minimum Gasteiger partial charge on any atom is -0.486 e. The number of nitrogens with two attached hydrogens (primary N) is 1. The van der Waals surface area contributed by atoms with Gasteiger partial charge in [0.25, 0.3) is 0 Å². The number of benzene rings is 1. The van der Waals surface area contributed by atoms with E-state index in [9.17, 15) is 5.11 Å². The maximum absolute atomic E-state index is 10.1. The van der Waals surface area contributed by atoms with E-state index >= 15 is 0 Å². The minimum absolute atomic E-state index is 0. The molecule has 2 unspecified atom stereocenters. The molecule has 0 saturated carbocycles. The third-order valence-electron chi connectivity index (χ3n) is 3.13. The van der Waals surface area contributed by atoms with Crippen LogP contribution in [0.25, 0.3) is 0 Å². The number of halogens is 2. The lowest BCUT2D eigenvalue weighted by Gasteiger charge is -2.41. The standard InChI is InChI=1S/C12H16ClNO2.ClH/c1-6-4-9-7(5-8(6)13)10(15)11(14)12(2,3)16-9;/h4-5,10-11,15H,14H2,1-3H3;1H. The summed E-state index contributed by atoms with van der Waals surface area (Å²) in [5.41, 5.74) is 6.96. The Kier molecular flexibility index (Phi) is 3.99. The van der Waals surface area contributed by atoms with Crippen molar-refractivity contribution in [3.63, 3.8) is 0 Å². The number of hydrogen-bond acceptors (Lipinski definition) is 3. The van der Waals surface area contributed by atoms with Gasteiger partial charge in [-0.2, -0.15) is 0 Å². The number of ether oxygens (including phenoxy) is 1. The summed E-state index contributed by atoms with van der Waals surface area (Å²) in [5.74, 6) is 0.668. The van der Waals surface area contributed by atoms with Gasteiger partial charge in [0.2, 0.25) is 0 Å². The summed E-state index contributed by atoms with van der Waals surface area (Å²) < 4.78 is 5.79. The molecule has 0 amide bonds. The lowest BCUT2D eigenvalue weighted by atomic mass is 9.86. The third-order valence-corrected chi connectivity index (χ3v) is 3.53. The van der Waals surface area contributed by atoms with E-state index in [1.165, 1.54) is 0 Å². The molecule has 1 aromatic carbocycles. The monoisotopic (exact) mass is 277 g/mol. The van der Waals surface area contributed by atoms with Crippen molar-refractivity contribution < 1.29 is 9.84 Å². The molecule has 2 rings (SSSR count). The molecule has 0 bridgehead atoms. The molecule has 1 heterocycles. The fourth-order valence-electron chi connectivity index (χ4n) is 1.92. The molecule has 0 saturated heterocycles. The van der Waals surface area contributed by atoms with Gasteiger partial charge in [0, 0.05) is 10.6 Å². The quantitative estimate of drug-likeness (QED) is 0.767. The van der Waals surface area contributed by atoms with Crippen LogP contribution in [-0.2, 0) is 0 Å². The van der Waals surface area contributed by atoms with Gasteiger partial charge < -0.3 is 15.6 Å². The molecule has 0 fully saturated rings. The summed E-state index contributed by atoms with van der Waals surface area (Å²) in [4.78, 5) is 0. The Morgan fingerprint density at radius 2 is 2.00 bits per heavy atom. The molecule has 0 aromatic heterocycles. The van der Waals surface area contributed by atoms with Gasteiger partial charge in [-0.15, -0.1) is 12.4 Å². The smallest absolute Gasteiger partial charge is 0.126 e. The highest BCUT2D eigenvalue weighted by Gasteiger charge is 2.41. The van der Waals surface area contributed by atoms with E-state index in [2.05, 4.69) is 0 Å². The topological polar surface area (TPSA) is 55.5 Å². The molecule has 1 aromatic rings. The van der Waals surface area contributed by atoms with Crippen LogP contribution in [0.5, 0.6) is 5.75 Å². The Bertz CT molecular complexity index is 435. The SMILES string of the molecule is Cc1cc2c(cc1Cl)C(O)C(N)C(C)(C)O2.Cl. The second kappa shape index (κ2) is 4.65. The Hall–Kier alpha value is -0.480. The molecule has 3 N–H and O–H groups in total. The second-order valence-electron chi connectivity index (χ2n) is 4.82. The predicted octanol–water partition coefficient (Wildman–Crippen LogP) is 2.60. The number of hydrogen-bond donors (Lipinski definition) is 2. The first-order chi connectivity index (χ1) is 7.33. The Morgan fingerprint density at radius 1 is 1.41 bits per heavy atom. The first kappa shape index (κ1) is 14.6. The van der Waals surface area contributed by atoms with Crippen molar-refractivity contribution in [3.8, 4) is 5.75 Å². The van der Waals surface area contributed by atoms with Gasteiger partial charge >= 0.3 is 0 Å². The number of rotatable bonds is 0. The zero-order chi connectivity index (χ0) is 12.1. The van der Waals surface area contributed by atoms with Crippen molar-refractivity contribution in [1.82, 2.24) is 0 Å². The molecule has 1 aliphatic heterocycles. The molecule has 0 spiro atoms. The highest BCUT2D eigenvalue weighted by atomic mass is 35.5. The highest BCUT2D eigenvalue weighted by Crippen LogP contribution is 2.40. The van der Waals surface area contributed by atoms with Crippen LogP contribution < -0.4 is 10.5 Å². The Morgan fingerprint density at radius 3 is 2.59 bits per heavy atom. The molecule has 5 heteroatoms. The van der Waals surface area contributed by atoms with E-state index in [0.717, 1.165) is 5.56 Å². The largest absolute Gasteiger partial charge is 0.486 e. The summed E-state index contributed by atoms with van der Waals surface area (Å²) in [6.07, 6.45) is -0.739. The minimum atomic E-state index is -0.739. The number of aryl methyl sites for hydroxylation is 1. The molecule has 17 heavy (non-hydrogen) atoms. The predicted molar refractivity (Wildman–Crippen MR) is 71.1 cm³/mol. The molecular formula is C12H17Cl2NO2. The second-order valence-corrected chi connectivity index (χ2v) is 5.22. The maximum atomic E-state index is 10.1. The first-order valence-corrected chi connectivity index (χ1v) is 5.63. The van der Waals surface area contributed by atoms with Crippen LogP contribution >= 0.6 is 24.0 Å². The van der Waals surface area contributed by atoms with Crippen LogP contribution in [0.4, 0.5) is 0 Å². The van der Waals surface area contributed by atoms with Crippen molar-refractivity contribution in [2.24, 2.45) is 5.73 Å². The molecule has 0 aliphatic carbocycles. The summed E-state index contributed by atoms with van der Waals surface area (Å²) in [6, 6.07) is 3.11. The molecule has 0 radical (unpaired) electrons. The van der Waals surface area contributed by atoms with Crippen LogP contribution in [0, 0.1) is 6.92 Å². The van der Waals surface area contributed by atoms with E-state index in [0.29, 0.717) is 16.3 Å². The van der Waals surface area contributed by atoms with Gasteiger partial charge in [-0.3, -0.25) is 0 Å². The zero-order valence-corrected chi connectivity index (χ0v) is 11.6. The van der Waals surface area contributed by atoms with Crippen molar-refractivity contribution in [1.29, 1.82) is 0 Å².